The van der Waals surface area contributed by atoms with Gasteiger partial charge >= 0.3 is 0 Å². The van der Waals surface area contributed by atoms with Gasteiger partial charge in [0.25, 0.3) is 0 Å². The molecule has 0 aromatic carbocycles. The fourth-order valence-electron chi connectivity index (χ4n) is 2.40. The van der Waals surface area contributed by atoms with Crippen molar-refractivity contribution in [1.82, 2.24) is 10.6 Å². The Bertz CT molecular complexity index is 708. The number of thiocarbonyl (C=S) groups is 1. The molecule has 2 amide bonds. The van der Waals surface area contributed by atoms with Gasteiger partial charge in [-0.2, -0.15) is 0 Å². The highest BCUT2D eigenvalue weighted by Crippen LogP contribution is 2.44. The Morgan fingerprint density at radius 3 is 2.47 bits per heavy atom. The summed E-state index contributed by atoms with van der Waals surface area (Å²) in [5.74, 6) is -1.47. The molecule has 8 heteroatoms. The molecule has 3 rings (SSSR count). The zero-order chi connectivity index (χ0) is 13.8. The minimum absolute atomic E-state index is 0.0214. The number of sulfone groups is 1. The van der Waals surface area contributed by atoms with Crippen molar-refractivity contribution in [3.8, 4) is 0 Å². The molecule has 0 radical (unpaired) electrons. The van der Waals surface area contributed by atoms with E-state index in [1.165, 1.54) is 24.3 Å². The molecular weight excluding hydrogens is 288 g/mol. The van der Waals surface area contributed by atoms with Crippen molar-refractivity contribution in [3.63, 3.8) is 0 Å². The summed E-state index contributed by atoms with van der Waals surface area (Å²) >= 11 is 4.74. The Morgan fingerprint density at radius 2 is 1.84 bits per heavy atom. The van der Waals surface area contributed by atoms with Gasteiger partial charge in [0.2, 0.25) is 11.8 Å². The van der Waals surface area contributed by atoms with Gasteiger partial charge in [0.1, 0.15) is 0 Å². The molecule has 2 heterocycles. The number of amides is 2. The molecule has 1 aliphatic carbocycles. The molecule has 2 aliphatic heterocycles. The van der Waals surface area contributed by atoms with Crippen molar-refractivity contribution >= 4 is 39.0 Å². The molecule has 19 heavy (non-hydrogen) atoms. The molecular formula is C11H8N2O4S2. The summed E-state index contributed by atoms with van der Waals surface area (Å²) in [4.78, 5) is 24.4. The number of fused-ring (bicyclic) bond motifs is 2. The summed E-state index contributed by atoms with van der Waals surface area (Å²) in [6.07, 6.45) is 5.59. The van der Waals surface area contributed by atoms with E-state index in [4.69, 9.17) is 12.2 Å². The molecule has 0 aromatic heterocycles. The summed E-state index contributed by atoms with van der Waals surface area (Å²) in [6.45, 7) is 0. The lowest BCUT2D eigenvalue weighted by atomic mass is 9.74. The van der Waals surface area contributed by atoms with Gasteiger partial charge in [0.05, 0.1) is 10.7 Å². The standard InChI is InChI=1S/C11H8N2O4S2/c14-8-11(9(15)13-10(18)12-8)4-1-2-7-6(11)3-5-19(7,16)17/h1-4H,5H2,(H2,12,13,14,15,18). The molecule has 0 aromatic rings. The van der Waals surface area contributed by atoms with Crippen molar-refractivity contribution in [2.24, 2.45) is 5.41 Å². The van der Waals surface area contributed by atoms with Crippen molar-refractivity contribution in [1.29, 1.82) is 0 Å². The number of allylic oxidation sites excluding steroid dienone is 3. The van der Waals surface area contributed by atoms with E-state index in [0.29, 0.717) is 0 Å². The van der Waals surface area contributed by atoms with Crippen LogP contribution in [-0.4, -0.2) is 31.1 Å². The maximum absolute atomic E-state index is 12.2. The molecule has 1 saturated heterocycles. The number of carbonyl (C=O) groups excluding carboxylic acids is 2. The van der Waals surface area contributed by atoms with E-state index in [2.05, 4.69) is 10.6 Å². The second-order valence-corrected chi connectivity index (χ2v) is 6.75. The molecule has 0 saturated carbocycles. The van der Waals surface area contributed by atoms with Crippen LogP contribution in [0.3, 0.4) is 0 Å². The average molecular weight is 296 g/mol. The highest BCUT2D eigenvalue weighted by Gasteiger charge is 2.55. The summed E-state index contributed by atoms with van der Waals surface area (Å²) < 4.78 is 23.7. The normalized spacial score (nSPS) is 26.4. The number of hydrogen-bond donors (Lipinski definition) is 2. The van der Waals surface area contributed by atoms with Crippen molar-refractivity contribution in [3.05, 3.63) is 34.8 Å². The average Bonchev–Trinajstić information content (AvgIpc) is 2.63. The predicted molar refractivity (Wildman–Crippen MR) is 70.4 cm³/mol. The van der Waals surface area contributed by atoms with Crippen molar-refractivity contribution in [2.45, 2.75) is 0 Å². The first-order chi connectivity index (χ1) is 8.88. The van der Waals surface area contributed by atoms with Crippen molar-refractivity contribution in [2.75, 3.05) is 5.75 Å². The van der Waals surface area contributed by atoms with Gasteiger partial charge in [-0.15, -0.1) is 0 Å². The van der Waals surface area contributed by atoms with Crippen LogP contribution in [0.2, 0.25) is 0 Å². The largest absolute Gasteiger partial charge is 0.301 e. The third-order valence-electron chi connectivity index (χ3n) is 3.30. The molecule has 1 spiro atoms. The van der Waals surface area contributed by atoms with Crippen LogP contribution in [0.25, 0.3) is 0 Å². The molecule has 0 bridgehead atoms. The van der Waals surface area contributed by atoms with Gasteiger partial charge in [-0.1, -0.05) is 18.2 Å². The monoisotopic (exact) mass is 296 g/mol. The van der Waals surface area contributed by atoms with E-state index in [1.54, 1.807) is 0 Å². The maximum atomic E-state index is 12.2. The SMILES string of the molecule is O=C1NC(=S)NC(=O)C12C=CC=C1C2=CCS1(=O)=O. The van der Waals surface area contributed by atoms with Crippen LogP contribution in [0, 0.1) is 5.41 Å². The summed E-state index contributed by atoms with van der Waals surface area (Å²) in [7, 11) is -3.46. The van der Waals surface area contributed by atoms with E-state index in [0.717, 1.165) is 0 Å². The molecule has 3 aliphatic rings. The minimum Gasteiger partial charge on any atom is -0.301 e. The Hall–Kier alpha value is -1.80. The summed E-state index contributed by atoms with van der Waals surface area (Å²) in [5, 5.41) is 4.64. The first-order valence-corrected chi connectivity index (χ1v) is 7.44. The van der Waals surface area contributed by atoms with Gasteiger partial charge < -0.3 is 10.6 Å². The Labute approximate surface area is 114 Å². The van der Waals surface area contributed by atoms with E-state index in [1.807, 2.05) is 0 Å². The van der Waals surface area contributed by atoms with Crippen LogP contribution < -0.4 is 10.6 Å². The molecule has 0 unspecified atom stereocenters. The van der Waals surface area contributed by atoms with E-state index in [-0.39, 0.29) is 21.3 Å². The van der Waals surface area contributed by atoms with Crippen molar-refractivity contribution < 1.29 is 18.0 Å². The molecule has 6 nitrogen and oxygen atoms in total. The van der Waals surface area contributed by atoms with Crippen LogP contribution >= 0.6 is 12.2 Å². The third kappa shape index (κ3) is 1.47. The number of rotatable bonds is 0. The lowest BCUT2D eigenvalue weighted by Crippen LogP contribution is -2.62. The Kier molecular flexibility index (Phi) is 2.33. The van der Waals surface area contributed by atoms with E-state index >= 15 is 0 Å². The van der Waals surface area contributed by atoms with Gasteiger partial charge in [-0.05, 0) is 23.9 Å². The predicted octanol–water partition coefficient (Wildman–Crippen LogP) is -0.688. The van der Waals surface area contributed by atoms with E-state index < -0.39 is 27.1 Å². The molecule has 2 N–H and O–H groups in total. The second kappa shape index (κ2) is 3.61. The maximum Gasteiger partial charge on any atom is 0.250 e. The van der Waals surface area contributed by atoms with Gasteiger partial charge in [0, 0.05) is 0 Å². The molecule has 98 valence electrons. The Balaban J connectivity index is 2.20. The quantitative estimate of drug-likeness (QED) is 0.456. The zero-order valence-electron chi connectivity index (χ0n) is 9.47. The first-order valence-electron chi connectivity index (χ1n) is 5.38. The van der Waals surface area contributed by atoms with Crippen LogP contribution in [-0.2, 0) is 19.4 Å². The molecule has 1 fully saturated rings. The van der Waals surface area contributed by atoms with E-state index in [9.17, 15) is 18.0 Å². The highest BCUT2D eigenvalue weighted by atomic mass is 32.2. The smallest absolute Gasteiger partial charge is 0.250 e. The third-order valence-corrected chi connectivity index (χ3v) is 5.13. The Morgan fingerprint density at radius 1 is 1.21 bits per heavy atom. The second-order valence-electron chi connectivity index (χ2n) is 4.33. The van der Waals surface area contributed by atoms with Gasteiger partial charge in [-0.25, -0.2) is 8.42 Å². The lowest BCUT2D eigenvalue weighted by molar-refractivity contribution is -0.137. The highest BCUT2D eigenvalue weighted by molar-refractivity contribution is 7.96. The minimum atomic E-state index is -3.46. The van der Waals surface area contributed by atoms with Crippen LogP contribution in [0.5, 0.6) is 0 Å². The number of nitrogens with one attached hydrogen (secondary N) is 2. The molecule has 0 atom stereocenters. The van der Waals surface area contributed by atoms with Crippen LogP contribution in [0.15, 0.2) is 34.8 Å². The fourth-order valence-corrected chi connectivity index (χ4v) is 4.02. The van der Waals surface area contributed by atoms with Gasteiger partial charge in [-0.3, -0.25) is 9.59 Å². The van der Waals surface area contributed by atoms with Crippen LogP contribution in [0.1, 0.15) is 0 Å². The zero-order valence-corrected chi connectivity index (χ0v) is 11.1. The topological polar surface area (TPSA) is 92.3 Å². The lowest BCUT2D eigenvalue weighted by Gasteiger charge is -2.35. The van der Waals surface area contributed by atoms with Gasteiger partial charge in [0.15, 0.2) is 20.4 Å². The number of carbonyl (C=O) groups is 2. The number of hydrogen-bond acceptors (Lipinski definition) is 5. The first kappa shape index (κ1) is 12.2. The summed E-state index contributed by atoms with van der Waals surface area (Å²) in [5.41, 5.74) is -1.44. The fraction of sp³-hybridized carbons (Fsp3) is 0.182. The summed E-state index contributed by atoms with van der Waals surface area (Å²) in [6, 6.07) is 0. The van der Waals surface area contributed by atoms with Crippen LogP contribution in [0.4, 0.5) is 0 Å².